The van der Waals surface area contributed by atoms with Crippen LogP contribution in [0, 0.1) is 11.3 Å². The average molecular weight is 367 g/mol. The fourth-order valence-corrected chi connectivity index (χ4v) is 3.40. The van der Waals surface area contributed by atoms with Gasteiger partial charge in [0.2, 0.25) is 11.8 Å². The van der Waals surface area contributed by atoms with Gasteiger partial charge in [-0.1, -0.05) is 0 Å². The van der Waals surface area contributed by atoms with E-state index in [0.717, 1.165) is 32.4 Å². The summed E-state index contributed by atoms with van der Waals surface area (Å²) in [5, 5.41) is 8.67. The topological polar surface area (TPSA) is 113 Å². The van der Waals surface area contributed by atoms with Crippen LogP contribution in [0.25, 0.3) is 0 Å². The van der Waals surface area contributed by atoms with E-state index in [1.165, 1.54) is 0 Å². The van der Waals surface area contributed by atoms with E-state index in [1.54, 1.807) is 24.3 Å². The molecule has 2 aliphatic rings. The van der Waals surface area contributed by atoms with E-state index in [-0.39, 0.29) is 42.1 Å². The molecule has 1 unspecified atom stereocenters. The first-order chi connectivity index (χ1) is 11.5. The molecule has 1 aromatic carbocycles. The number of primary amides is 1. The number of nitrogens with one attached hydrogen (secondary N) is 3. The lowest BCUT2D eigenvalue weighted by molar-refractivity contribution is -0.118. The fourth-order valence-electron chi connectivity index (χ4n) is 3.40. The maximum atomic E-state index is 12.4. The first kappa shape index (κ1) is 19.2. The minimum atomic E-state index is -0.594. The van der Waals surface area contributed by atoms with Crippen LogP contribution < -0.4 is 21.7 Å². The molecule has 8 heteroatoms. The summed E-state index contributed by atoms with van der Waals surface area (Å²) in [6, 6.07) is 6.60. The van der Waals surface area contributed by atoms with Gasteiger partial charge in [-0.2, -0.15) is 0 Å². The minimum Gasteiger partial charge on any atom is -0.368 e. The predicted octanol–water partition coefficient (Wildman–Crippen LogP) is 0.652. The third-order valence-electron chi connectivity index (χ3n) is 4.94. The third-order valence-corrected chi connectivity index (χ3v) is 4.94. The van der Waals surface area contributed by atoms with Crippen molar-refractivity contribution in [3.05, 3.63) is 29.8 Å². The van der Waals surface area contributed by atoms with Crippen molar-refractivity contribution < 1.29 is 14.4 Å². The molecular weight excluding hydrogens is 344 g/mol. The highest BCUT2D eigenvalue weighted by atomic mass is 35.5. The molecule has 0 bridgehead atoms. The second-order valence-electron chi connectivity index (χ2n) is 6.58. The van der Waals surface area contributed by atoms with Crippen LogP contribution in [0.5, 0.6) is 0 Å². The SMILES string of the molecule is Cl.NC(=O)CNC(=O)c1ccc(NC(=O)C2CC23CCNCC3)cc1. The van der Waals surface area contributed by atoms with Crippen LogP contribution in [-0.2, 0) is 9.59 Å². The molecular formula is C17H23ClN4O3. The summed E-state index contributed by atoms with van der Waals surface area (Å²) in [6.45, 7) is 1.77. The number of hydrogen-bond acceptors (Lipinski definition) is 4. The Hall–Kier alpha value is -2.12. The van der Waals surface area contributed by atoms with Crippen LogP contribution >= 0.6 is 12.4 Å². The molecule has 1 aliphatic heterocycles. The smallest absolute Gasteiger partial charge is 0.251 e. The molecule has 0 aromatic heterocycles. The average Bonchev–Trinajstić information content (AvgIpc) is 3.27. The number of amides is 3. The molecule has 1 atom stereocenters. The van der Waals surface area contributed by atoms with E-state index in [9.17, 15) is 14.4 Å². The zero-order valence-corrected chi connectivity index (χ0v) is 14.7. The number of rotatable bonds is 5. The molecule has 1 aliphatic carbocycles. The molecule has 25 heavy (non-hydrogen) atoms. The van der Waals surface area contributed by atoms with Gasteiger partial charge in [-0.3, -0.25) is 14.4 Å². The number of piperidine rings is 1. The van der Waals surface area contributed by atoms with Crippen LogP contribution in [0.2, 0.25) is 0 Å². The highest BCUT2D eigenvalue weighted by molar-refractivity contribution is 5.98. The highest BCUT2D eigenvalue weighted by Gasteiger charge is 2.57. The van der Waals surface area contributed by atoms with Crippen molar-refractivity contribution in [3.8, 4) is 0 Å². The Morgan fingerprint density at radius 3 is 2.40 bits per heavy atom. The molecule has 3 rings (SSSR count). The zero-order chi connectivity index (χ0) is 17.2. The highest BCUT2D eigenvalue weighted by Crippen LogP contribution is 2.58. The molecule has 1 spiro atoms. The summed E-state index contributed by atoms with van der Waals surface area (Å²) in [7, 11) is 0. The number of benzene rings is 1. The molecule has 7 nitrogen and oxygen atoms in total. The summed E-state index contributed by atoms with van der Waals surface area (Å²) in [4.78, 5) is 34.8. The molecule has 1 saturated carbocycles. The quantitative estimate of drug-likeness (QED) is 0.612. The maximum absolute atomic E-state index is 12.4. The summed E-state index contributed by atoms with van der Waals surface area (Å²) >= 11 is 0. The Morgan fingerprint density at radius 2 is 1.80 bits per heavy atom. The predicted molar refractivity (Wildman–Crippen MR) is 96.5 cm³/mol. The first-order valence-corrected chi connectivity index (χ1v) is 8.18. The van der Waals surface area contributed by atoms with E-state index in [0.29, 0.717) is 11.3 Å². The van der Waals surface area contributed by atoms with E-state index in [4.69, 9.17) is 5.73 Å². The van der Waals surface area contributed by atoms with E-state index < -0.39 is 5.91 Å². The van der Waals surface area contributed by atoms with Crippen LogP contribution in [0.4, 0.5) is 5.69 Å². The normalized spacial score (nSPS) is 20.2. The van der Waals surface area contributed by atoms with E-state index in [1.807, 2.05) is 0 Å². The zero-order valence-electron chi connectivity index (χ0n) is 13.8. The number of anilines is 1. The Bertz CT molecular complexity index is 656. The van der Waals surface area contributed by atoms with Crippen molar-refractivity contribution in [1.29, 1.82) is 0 Å². The lowest BCUT2D eigenvalue weighted by atomic mass is 9.92. The Kier molecular flexibility index (Phi) is 6.02. The number of halogens is 1. The van der Waals surface area contributed by atoms with Crippen LogP contribution in [0.1, 0.15) is 29.6 Å². The van der Waals surface area contributed by atoms with E-state index >= 15 is 0 Å². The van der Waals surface area contributed by atoms with Crippen molar-refractivity contribution in [2.24, 2.45) is 17.1 Å². The monoisotopic (exact) mass is 366 g/mol. The molecule has 0 radical (unpaired) electrons. The number of hydrogen-bond donors (Lipinski definition) is 4. The van der Waals surface area contributed by atoms with Gasteiger partial charge in [0.15, 0.2) is 0 Å². The summed E-state index contributed by atoms with van der Waals surface area (Å²) < 4.78 is 0. The largest absolute Gasteiger partial charge is 0.368 e. The van der Waals surface area contributed by atoms with Crippen molar-refractivity contribution in [3.63, 3.8) is 0 Å². The van der Waals surface area contributed by atoms with E-state index in [2.05, 4.69) is 16.0 Å². The van der Waals surface area contributed by atoms with Crippen LogP contribution in [-0.4, -0.2) is 37.4 Å². The Morgan fingerprint density at radius 1 is 1.16 bits per heavy atom. The van der Waals surface area contributed by atoms with Gasteiger partial charge >= 0.3 is 0 Å². The summed E-state index contributed by atoms with van der Waals surface area (Å²) in [5.41, 5.74) is 6.27. The third kappa shape index (κ3) is 4.49. The first-order valence-electron chi connectivity index (χ1n) is 8.18. The molecule has 3 amide bonds. The number of nitrogens with two attached hydrogens (primary N) is 1. The summed E-state index contributed by atoms with van der Waals surface area (Å²) in [5.74, 6) is -0.813. The second-order valence-corrected chi connectivity index (χ2v) is 6.58. The van der Waals surface area contributed by atoms with Gasteiger partial charge in [-0.15, -0.1) is 12.4 Å². The van der Waals surface area contributed by atoms with Crippen molar-refractivity contribution >= 4 is 35.8 Å². The second kappa shape index (κ2) is 7.84. The van der Waals surface area contributed by atoms with Gasteiger partial charge in [-0.25, -0.2) is 0 Å². The Labute approximate surface area is 152 Å². The van der Waals surface area contributed by atoms with Crippen LogP contribution in [0.3, 0.4) is 0 Å². The lowest BCUT2D eigenvalue weighted by Gasteiger charge is -2.23. The van der Waals surface area contributed by atoms with Crippen molar-refractivity contribution in [2.45, 2.75) is 19.3 Å². The van der Waals surface area contributed by atoms with Gasteiger partial charge < -0.3 is 21.7 Å². The van der Waals surface area contributed by atoms with Gasteiger partial charge in [-0.05, 0) is 62.0 Å². The summed E-state index contributed by atoms with van der Waals surface area (Å²) in [6.07, 6.45) is 3.09. The van der Waals surface area contributed by atoms with Crippen LogP contribution in [0.15, 0.2) is 24.3 Å². The fraction of sp³-hybridized carbons (Fsp3) is 0.471. The minimum absolute atomic E-state index is 0. The van der Waals surface area contributed by atoms with Gasteiger partial charge in [0.05, 0.1) is 6.54 Å². The Balaban J connectivity index is 0.00000225. The maximum Gasteiger partial charge on any atom is 0.251 e. The lowest BCUT2D eigenvalue weighted by Crippen LogP contribution is -2.33. The number of carbonyl (C=O) groups excluding carboxylic acids is 3. The molecule has 5 N–H and O–H groups in total. The standard InChI is InChI=1S/C17H22N4O3.ClH/c18-14(22)10-20-15(23)11-1-3-12(4-2-11)21-16(24)13-9-17(13)5-7-19-8-6-17;/h1-4,13,19H,5-10H2,(H2,18,22)(H,20,23)(H,21,24);1H. The molecule has 1 heterocycles. The van der Waals surface area contributed by atoms with Gasteiger partial charge in [0.1, 0.15) is 0 Å². The number of carbonyl (C=O) groups is 3. The van der Waals surface area contributed by atoms with Gasteiger partial charge in [0.25, 0.3) is 5.91 Å². The molecule has 1 aromatic rings. The van der Waals surface area contributed by atoms with Gasteiger partial charge in [0, 0.05) is 17.2 Å². The van der Waals surface area contributed by atoms with Crippen molar-refractivity contribution in [1.82, 2.24) is 10.6 Å². The van der Waals surface area contributed by atoms with Crippen molar-refractivity contribution in [2.75, 3.05) is 25.0 Å². The molecule has 1 saturated heterocycles. The molecule has 2 fully saturated rings. The molecule has 136 valence electrons.